The standard InChI is InChI=1S/C17H27NO2/c1-14-7-8-15(2)17(12-14)20-11-10-18-9-5-3-4-6-16(18)13-19/h7-8,12,16,19H,3-6,9-11,13H2,1-2H3. The summed E-state index contributed by atoms with van der Waals surface area (Å²) in [5.41, 5.74) is 2.42. The summed E-state index contributed by atoms with van der Waals surface area (Å²) in [5, 5.41) is 9.50. The van der Waals surface area contributed by atoms with Gasteiger partial charge in [0.25, 0.3) is 0 Å². The van der Waals surface area contributed by atoms with Crippen molar-refractivity contribution in [1.29, 1.82) is 0 Å². The molecule has 3 nitrogen and oxygen atoms in total. The number of nitrogens with zero attached hydrogens (tertiary/aromatic N) is 1. The van der Waals surface area contributed by atoms with Crippen molar-refractivity contribution >= 4 is 0 Å². The largest absolute Gasteiger partial charge is 0.492 e. The van der Waals surface area contributed by atoms with Gasteiger partial charge in [-0.05, 0) is 50.4 Å². The molecule has 1 aromatic rings. The molecule has 1 saturated heterocycles. The van der Waals surface area contributed by atoms with Gasteiger partial charge in [0.05, 0.1) is 6.61 Å². The molecule has 1 atom stereocenters. The van der Waals surface area contributed by atoms with Gasteiger partial charge < -0.3 is 9.84 Å². The molecule has 20 heavy (non-hydrogen) atoms. The summed E-state index contributed by atoms with van der Waals surface area (Å²) in [4.78, 5) is 2.39. The number of aliphatic hydroxyl groups excluding tert-OH is 1. The van der Waals surface area contributed by atoms with Crippen molar-refractivity contribution in [2.45, 2.75) is 45.6 Å². The summed E-state index contributed by atoms with van der Waals surface area (Å²) < 4.78 is 5.93. The number of rotatable bonds is 5. The van der Waals surface area contributed by atoms with Crippen LogP contribution in [0.4, 0.5) is 0 Å². The number of aliphatic hydroxyl groups is 1. The molecule has 1 aliphatic rings. The van der Waals surface area contributed by atoms with Gasteiger partial charge in [0.2, 0.25) is 0 Å². The maximum Gasteiger partial charge on any atom is 0.122 e. The highest BCUT2D eigenvalue weighted by Crippen LogP contribution is 2.20. The SMILES string of the molecule is Cc1ccc(C)c(OCCN2CCCCCC2CO)c1. The lowest BCUT2D eigenvalue weighted by Crippen LogP contribution is -2.40. The monoisotopic (exact) mass is 277 g/mol. The molecule has 0 saturated carbocycles. The lowest BCUT2D eigenvalue weighted by atomic mass is 10.1. The average molecular weight is 277 g/mol. The van der Waals surface area contributed by atoms with E-state index in [1.807, 2.05) is 0 Å². The second-order valence-corrected chi connectivity index (χ2v) is 5.84. The Bertz CT molecular complexity index is 419. The van der Waals surface area contributed by atoms with Gasteiger partial charge in [-0.3, -0.25) is 4.90 Å². The van der Waals surface area contributed by atoms with Gasteiger partial charge in [-0.1, -0.05) is 25.0 Å². The fourth-order valence-corrected chi connectivity index (χ4v) is 2.87. The molecular formula is C17H27NO2. The molecule has 0 aliphatic carbocycles. The first-order chi connectivity index (χ1) is 9.70. The van der Waals surface area contributed by atoms with Crippen molar-refractivity contribution in [1.82, 2.24) is 4.90 Å². The predicted octanol–water partition coefficient (Wildman–Crippen LogP) is 2.92. The van der Waals surface area contributed by atoms with Crippen LogP contribution in [0.5, 0.6) is 5.75 Å². The Labute approximate surface area is 122 Å². The summed E-state index contributed by atoms with van der Waals surface area (Å²) in [6.07, 6.45) is 4.87. The predicted molar refractivity (Wildman–Crippen MR) is 82.3 cm³/mol. The molecule has 1 unspecified atom stereocenters. The highest BCUT2D eigenvalue weighted by atomic mass is 16.5. The maximum absolute atomic E-state index is 9.50. The first-order valence-corrected chi connectivity index (χ1v) is 7.75. The number of hydrogen-bond donors (Lipinski definition) is 1. The van der Waals surface area contributed by atoms with Gasteiger partial charge in [-0.2, -0.15) is 0 Å². The van der Waals surface area contributed by atoms with E-state index in [4.69, 9.17) is 4.74 Å². The van der Waals surface area contributed by atoms with Gasteiger partial charge in [-0.25, -0.2) is 0 Å². The topological polar surface area (TPSA) is 32.7 Å². The van der Waals surface area contributed by atoms with Crippen LogP contribution < -0.4 is 4.74 Å². The molecule has 1 N–H and O–H groups in total. The van der Waals surface area contributed by atoms with Gasteiger partial charge in [-0.15, -0.1) is 0 Å². The molecule has 0 bridgehead atoms. The van der Waals surface area contributed by atoms with E-state index in [1.54, 1.807) is 0 Å². The molecule has 0 aromatic heterocycles. The summed E-state index contributed by atoms with van der Waals surface area (Å²) >= 11 is 0. The van der Waals surface area contributed by atoms with Crippen LogP contribution >= 0.6 is 0 Å². The van der Waals surface area contributed by atoms with Crippen LogP contribution in [0.1, 0.15) is 36.8 Å². The van der Waals surface area contributed by atoms with Crippen molar-refractivity contribution in [3.63, 3.8) is 0 Å². The zero-order chi connectivity index (χ0) is 14.4. The highest BCUT2D eigenvalue weighted by Gasteiger charge is 2.19. The number of benzene rings is 1. The van der Waals surface area contributed by atoms with Crippen LogP contribution in [-0.4, -0.2) is 42.4 Å². The minimum Gasteiger partial charge on any atom is -0.492 e. The first-order valence-electron chi connectivity index (χ1n) is 7.75. The molecule has 112 valence electrons. The molecule has 3 heteroatoms. The minimum atomic E-state index is 0.267. The summed E-state index contributed by atoms with van der Waals surface area (Å²) in [7, 11) is 0. The van der Waals surface area contributed by atoms with E-state index >= 15 is 0 Å². The van der Waals surface area contributed by atoms with Crippen LogP contribution in [0.3, 0.4) is 0 Å². The summed E-state index contributed by atoms with van der Waals surface area (Å²) in [5.74, 6) is 0.986. The summed E-state index contributed by atoms with van der Waals surface area (Å²) in [6.45, 7) is 7.12. The smallest absolute Gasteiger partial charge is 0.122 e. The Morgan fingerprint density at radius 2 is 2.10 bits per heavy atom. The van der Waals surface area contributed by atoms with E-state index in [0.717, 1.165) is 25.3 Å². The molecule has 1 aromatic carbocycles. The molecule has 2 rings (SSSR count). The first kappa shape index (κ1) is 15.3. The highest BCUT2D eigenvalue weighted by molar-refractivity contribution is 5.35. The van der Waals surface area contributed by atoms with Gasteiger partial charge >= 0.3 is 0 Å². The van der Waals surface area contributed by atoms with Gasteiger partial charge in [0, 0.05) is 12.6 Å². The third-order valence-corrected chi connectivity index (χ3v) is 4.19. The van der Waals surface area contributed by atoms with Gasteiger partial charge in [0.1, 0.15) is 12.4 Å². The molecule has 1 fully saturated rings. The zero-order valence-corrected chi connectivity index (χ0v) is 12.8. The van der Waals surface area contributed by atoms with Crippen LogP contribution in [0.2, 0.25) is 0 Å². The average Bonchev–Trinajstić information content (AvgIpc) is 2.67. The molecule has 0 radical (unpaired) electrons. The van der Waals surface area contributed by atoms with Crippen LogP contribution in [-0.2, 0) is 0 Å². The molecule has 1 heterocycles. The molecular weight excluding hydrogens is 250 g/mol. The van der Waals surface area contributed by atoms with Crippen molar-refractivity contribution in [3.8, 4) is 5.75 Å². The lowest BCUT2D eigenvalue weighted by Gasteiger charge is -2.28. The quantitative estimate of drug-likeness (QED) is 0.898. The second-order valence-electron chi connectivity index (χ2n) is 5.84. The Morgan fingerprint density at radius 1 is 1.25 bits per heavy atom. The number of likely N-dealkylation sites (tertiary alicyclic amines) is 1. The molecule has 0 spiro atoms. The van der Waals surface area contributed by atoms with Crippen LogP contribution in [0.25, 0.3) is 0 Å². The Hall–Kier alpha value is -1.06. The van der Waals surface area contributed by atoms with Crippen molar-refractivity contribution in [2.24, 2.45) is 0 Å². The molecule has 0 amide bonds. The van der Waals surface area contributed by atoms with E-state index in [-0.39, 0.29) is 6.61 Å². The van der Waals surface area contributed by atoms with E-state index in [9.17, 15) is 5.11 Å². The normalized spacial score (nSPS) is 20.6. The number of ether oxygens (including phenoxy) is 1. The fourth-order valence-electron chi connectivity index (χ4n) is 2.87. The number of hydrogen-bond acceptors (Lipinski definition) is 3. The van der Waals surface area contributed by atoms with Crippen LogP contribution in [0, 0.1) is 13.8 Å². The van der Waals surface area contributed by atoms with Crippen molar-refractivity contribution < 1.29 is 9.84 Å². The fraction of sp³-hybridized carbons (Fsp3) is 0.647. The van der Waals surface area contributed by atoms with Crippen molar-refractivity contribution in [2.75, 3.05) is 26.3 Å². The maximum atomic E-state index is 9.50. The summed E-state index contributed by atoms with van der Waals surface area (Å²) in [6, 6.07) is 6.63. The van der Waals surface area contributed by atoms with E-state index in [0.29, 0.717) is 12.6 Å². The Morgan fingerprint density at radius 3 is 2.90 bits per heavy atom. The van der Waals surface area contributed by atoms with E-state index in [2.05, 4.69) is 36.9 Å². The Balaban J connectivity index is 1.86. The van der Waals surface area contributed by atoms with E-state index < -0.39 is 0 Å². The van der Waals surface area contributed by atoms with Crippen LogP contribution in [0.15, 0.2) is 18.2 Å². The lowest BCUT2D eigenvalue weighted by molar-refractivity contribution is 0.108. The third kappa shape index (κ3) is 4.22. The third-order valence-electron chi connectivity index (χ3n) is 4.19. The Kier molecular flexibility index (Phi) is 5.86. The second kappa shape index (κ2) is 7.65. The minimum absolute atomic E-state index is 0.267. The van der Waals surface area contributed by atoms with Crippen molar-refractivity contribution in [3.05, 3.63) is 29.3 Å². The van der Waals surface area contributed by atoms with Gasteiger partial charge in [0.15, 0.2) is 0 Å². The van der Waals surface area contributed by atoms with E-state index in [1.165, 1.54) is 30.4 Å². The zero-order valence-electron chi connectivity index (χ0n) is 12.8. The molecule has 1 aliphatic heterocycles. The number of aryl methyl sites for hydroxylation is 2.